The Morgan fingerprint density at radius 1 is 1.27 bits per heavy atom. The first-order chi connectivity index (χ1) is 5.47. The summed E-state index contributed by atoms with van der Waals surface area (Å²) in [5, 5.41) is 4.68. The van der Waals surface area contributed by atoms with Crippen LogP contribution in [0.3, 0.4) is 0 Å². The second-order valence-corrected chi connectivity index (χ2v) is 7.30. The quantitative estimate of drug-likeness (QED) is 0.705. The molecule has 1 aliphatic rings. The molecule has 0 atom stereocenters. The minimum absolute atomic E-state index is 0.719. The summed E-state index contributed by atoms with van der Waals surface area (Å²) in [6, 6.07) is 4.38. The largest absolute Gasteiger partial charge is 0.147 e. The summed E-state index contributed by atoms with van der Waals surface area (Å²) in [6.07, 6.45) is 0. The normalized spacial score (nSPS) is 20.4. The number of hydrogen-bond acceptors (Lipinski definition) is 4. The summed E-state index contributed by atoms with van der Waals surface area (Å²) in [6.45, 7) is 0. The lowest BCUT2D eigenvalue weighted by Gasteiger charge is -2.18. The molecule has 60 valence electrons. The van der Waals surface area contributed by atoms with Crippen molar-refractivity contribution in [2.75, 3.05) is 10.2 Å². The molecule has 0 bridgehead atoms. The van der Waals surface area contributed by atoms with Gasteiger partial charge in [0.25, 0.3) is 0 Å². The molecule has 0 nitrogen and oxygen atoms in total. The van der Waals surface area contributed by atoms with E-state index in [9.17, 15) is 0 Å². The third-order valence-electron chi connectivity index (χ3n) is 1.38. The van der Waals surface area contributed by atoms with Crippen LogP contribution in [0.4, 0.5) is 0 Å². The van der Waals surface area contributed by atoms with Crippen molar-refractivity contribution in [1.82, 2.24) is 0 Å². The van der Waals surface area contributed by atoms with Crippen LogP contribution in [0.25, 0.3) is 0 Å². The van der Waals surface area contributed by atoms with Crippen LogP contribution in [0, 0.1) is 0 Å². The summed E-state index contributed by atoms with van der Waals surface area (Å²) >= 11 is 8.02. The van der Waals surface area contributed by atoms with Crippen molar-refractivity contribution < 1.29 is 0 Å². The highest BCUT2D eigenvalue weighted by Crippen LogP contribution is 2.48. The zero-order valence-corrected chi connectivity index (χ0v) is 9.12. The maximum absolute atomic E-state index is 2.24. The van der Waals surface area contributed by atoms with Crippen molar-refractivity contribution in [2.45, 2.75) is 4.58 Å². The van der Waals surface area contributed by atoms with Crippen molar-refractivity contribution in [3.8, 4) is 0 Å². The van der Waals surface area contributed by atoms with Crippen LogP contribution >= 0.6 is 46.6 Å². The van der Waals surface area contributed by atoms with E-state index < -0.39 is 0 Å². The van der Waals surface area contributed by atoms with E-state index in [-0.39, 0.29) is 0 Å². The number of rotatable bonds is 1. The highest BCUT2D eigenvalue weighted by molar-refractivity contribution is 8.32. The first-order valence-electron chi connectivity index (χ1n) is 3.31. The molecule has 0 unspecified atom stereocenters. The molecule has 0 N–H and O–H groups in total. The molecule has 1 saturated heterocycles. The minimum atomic E-state index is 0.719. The predicted molar refractivity (Wildman–Crippen MR) is 59.6 cm³/mol. The molecule has 4 heteroatoms. The zero-order chi connectivity index (χ0) is 7.52. The second-order valence-electron chi connectivity index (χ2n) is 2.12. The molecule has 0 radical (unpaired) electrons. The van der Waals surface area contributed by atoms with Gasteiger partial charge in [-0.1, -0.05) is 6.07 Å². The van der Waals surface area contributed by atoms with Crippen LogP contribution in [-0.2, 0) is 0 Å². The molecule has 0 aromatic carbocycles. The van der Waals surface area contributed by atoms with E-state index in [0.717, 1.165) is 4.58 Å². The van der Waals surface area contributed by atoms with E-state index in [1.54, 1.807) is 0 Å². The van der Waals surface area contributed by atoms with E-state index in [0.29, 0.717) is 0 Å². The Hall–Kier alpha value is 0.750. The Kier molecular flexibility index (Phi) is 3.13. The van der Waals surface area contributed by atoms with Gasteiger partial charge in [0.05, 0.1) is 4.58 Å². The molecule has 1 aliphatic heterocycles. The maximum Gasteiger partial charge on any atom is 0.0859 e. The van der Waals surface area contributed by atoms with Crippen LogP contribution in [0.15, 0.2) is 17.5 Å². The summed E-state index contributed by atoms with van der Waals surface area (Å²) < 4.78 is 0.719. The van der Waals surface area contributed by atoms with Crippen molar-refractivity contribution in [3.05, 3.63) is 22.4 Å². The van der Waals surface area contributed by atoms with Gasteiger partial charge in [-0.05, 0) is 11.4 Å². The highest BCUT2D eigenvalue weighted by atomic mass is 32.3. The Balaban J connectivity index is 2.04. The van der Waals surface area contributed by atoms with Gasteiger partial charge in [0.2, 0.25) is 0 Å². The molecule has 0 spiro atoms. The predicted octanol–water partition coefficient (Wildman–Crippen LogP) is 3.87. The minimum Gasteiger partial charge on any atom is -0.147 e. The fourth-order valence-corrected chi connectivity index (χ4v) is 6.73. The van der Waals surface area contributed by atoms with Gasteiger partial charge in [0, 0.05) is 15.0 Å². The molecule has 1 aromatic heterocycles. The molecule has 1 fully saturated rings. The van der Waals surface area contributed by atoms with E-state index >= 15 is 0 Å². The topological polar surface area (TPSA) is 0 Å². The molecule has 2 heterocycles. The summed E-state index contributed by atoms with van der Waals surface area (Å²) in [7, 11) is 0. The smallest absolute Gasteiger partial charge is 0.0859 e. The van der Waals surface area contributed by atoms with E-state index in [2.05, 4.69) is 41.0 Å². The fraction of sp³-hybridized carbons (Fsp3) is 0.429. The van der Waals surface area contributed by atoms with E-state index in [1.165, 1.54) is 15.0 Å². The Labute approximate surface area is 83.5 Å². The van der Waals surface area contributed by atoms with Crippen LogP contribution < -0.4 is 0 Å². The van der Waals surface area contributed by atoms with Gasteiger partial charge in [0.15, 0.2) is 0 Å². The van der Waals surface area contributed by atoms with Gasteiger partial charge in [0.1, 0.15) is 0 Å². The van der Waals surface area contributed by atoms with E-state index in [1.807, 2.05) is 23.1 Å². The average molecular weight is 220 g/mol. The van der Waals surface area contributed by atoms with Gasteiger partial charge in [-0.25, -0.2) is 0 Å². The lowest BCUT2D eigenvalue weighted by molar-refractivity contribution is 1.49. The van der Waals surface area contributed by atoms with E-state index in [4.69, 9.17) is 0 Å². The lowest BCUT2D eigenvalue weighted by atomic mass is 10.5. The van der Waals surface area contributed by atoms with Crippen molar-refractivity contribution in [1.29, 1.82) is 0 Å². The Morgan fingerprint density at radius 2 is 2.09 bits per heavy atom. The van der Waals surface area contributed by atoms with Crippen LogP contribution in [0.5, 0.6) is 0 Å². The second kappa shape index (κ2) is 4.12. The average Bonchev–Trinajstić information content (AvgIpc) is 2.58. The van der Waals surface area contributed by atoms with Gasteiger partial charge >= 0.3 is 0 Å². The lowest BCUT2D eigenvalue weighted by Crippen LogP contribution is -1.92. The van der Waals surface area contributed by atoms with Gasteiger partial charge in [-0.3, -0.25) is 0 Å². The third kappa shape index (κ3) is 2.11. The first kappa shape index (κ1) is 8.35. The Morgan fingerprint density at radius 3 is 2.73 bits per heavy atom. The van der Waals surface area contributed by atoms with Crippen molar-refractivity contribution >= 4 is 46.6 Å². The Bertz CT molecular complexity index is 200. The van der Waals surface area contributed by atoms with Crippen LogP contribution in [0.2, 0.25) is 0 Å². The van der Waals surface area contributed by atoms with Gasteiger partial charge in [-0.2, -0.15) is 0 Å². The van der Waals surface area contributed by atoms with Gasteiger partial charge < -0.3 is 0 Å². The molecule has 0 saturated carbocycles. The molecule has 1 aromatic rings. The standard InChI is InChI=1S/C7H8S4/c1-2-6(9-3-1)7-10-4-8-5-11-7/h1-3,7H,4-5H2. The maximum atomic E-state index is 2.24. The fourth-order valence-electron chi connectivity index (χ4n) is 0.892. The molecule has 11 heavy (non-hydrogen) atoms. The molecule has 0 amide bonds. The monoisotopic (exact) mass is 220 g/mol. The number of thioether (sulfide) groups is 3. The van der Waals surface area contributed by atoms with Gasteiger partial charge in [-0.15, -0.1) is 46.6 Å². The summed E-state index contributed by atoms with van der Waals surface area (Å²) in [5.74, 6) is 0. The molecule has 0 aliphatic carbocycles. The summed E-state index contributed by atoms with van der Waals surface area (Å²) in [4.78, 5) is 1.53. The third-order valence-corrected chi connectivity index (χ3v) is 6.97. The number of hydrogen-bond donors (Lipinski definition) is 0. The molecular weight excluding hydrogens is 212 g/mol. The van der Waals surface area contributed by atoms with Crippen LogP contribution in [0.1, 0.15) is 9.46 Å². The first-order valence-corrected chi connectivity index (χ1v) is 7.44. The molecular formula is C7H8S4. The summed E-state index contributed by atoms with van der Waals surface area (Å²) in [5.41, 5.74) is 0. The molecule has 2 rings (SSSR count). The zero-order valence-electron chi connectivity index (χ0n) is 5.86. The number of thiophene rings is 1. The SMILES string of the molecule is c1csc(C2SCSCS2)c1. The van der Waals surface area contributed by atoms with Crippen molar-refractivity contribution in [2.24, 2.45) is 0 Å². The van der Waals surface area contributed by atoms with Crippen LogP contribution in [-0.4, -0.2) is 10.2 Å². The highest BCUT2D eigenvalue weighted by Gasteiger charge is 2.16. The van der Waals surface area contributed by atoms with Crippen molar-refractivity contribution in [3.63, 3.8) is 0 Å².